The zero-order valence-electron chi connectivity index (χ0n) is 8.69. The Morgan fingerprint density at radius 3 is 2.88 bits per heavy atom. The van der Waals surface area contributed by atoms with Gasteiger partial charge in [0.25, 0.3) is 0 Å². The lowest BCUT2D eigenvalue weighted by Crippen LogP contribution is -1.86. The van der Waals surface area contributed by atoms with Crippen molar-refractivity contribution in [2.45, 2.75) is 0 Å². The maximum absolute atomic E-state index is 4.49. The predicted octanol–water partition coefficient (Wildman–Crippen LogP) is 2.73. The molecule has 3 aromatic rings. The number of benzene rings is 1. The summed E-state index contributed by atoms with van der Waals surface area (Å²) in [4.78, 5) is 12.2. The molecule has 1 aromatic carbocycles. The first-order valence-corrected chi connectivity index (χ1v) is 5.83. The van der Waals surface area contributed by atoms with E-state index in [1.807, 2.05) is 36.7 Å². The van der Waals surface area contributed by atoms with Gasteiger partial charge in [-0.3, -0.25) is 0 Å². The first kappa shape index (κ1) is 9.35. The number of para-hydroxylation sites is 2. The molecule has 0 radical (unpaired) electrons. The third-order valence-electron chi connectivity index (χ3n) is 2.35. The third-order valence-corrected chi connectivity index (χ3v) is 3.21. The number of imidazole rings is 1. The van der Waals surface area contributed by atoms with Gasteiger partial charge in [-0.05, 0) is 12.1 Å². The van der Waals surface area contributed by atoms with Crippen LogP contribution < -0.4 is 5.32 Å². The van der Waals surface area contributed by atoms with Crippen molar-refractivity contribution in [1.29, 1.82) is 0 Å². The van der Waals surface area contributed by atoms with E-state index >= 15 is 0 Å². The van der Waals surface area contributed by atoms with E-state index in [9.17, 15) is 0 Å². The highest BCUT2D eigenvalue weighted by Gasteiger charge is 2.08. The summed E-state index contributed by atoms with van der Waals surface area (Å²) in [5.74, 6) is 0.818. The Bertz CT molecular complexity index is 592. The van der Waals surface area contributed by atoms with Gasteiger partial charge in [0.2, 0.25) is 0 Å². The first-order valence-electron chi connectivity index (χ1n) is 4.95. The van der Waals surface area contributed by atoms with Crippen molar-refractivity contribution < 1.29 is 0 Å². The highest BCUT2D eigenvalue weighted by atomic mass is 32.1. The van der Waals surface area contributed by atoms with Crippen molar-refractivity contribution in [2.24, 2.45) is 0 Å². The monoisotopic (exact) mass is 230 g/mol. The lowest BCUT2D eigenvalue weighted by Gasteiger charge is -1.89. The van der Waals surface area contributed by atoms with Crippen LogP contribution in [0.5, 0.6) is 0 Å². The van der Waals surface area contributed by atoms with E-state index in [2.05, 4.69) is 20.3 Å². The number of nitrogens with one attached hydrogen (secondary N) is 2. The van der Waals surface area contributed by atoms with Gasteiger partial charge in [0.05, 0.1) is 11.0 Å². The SMILES string of the molecule is CNc1nc(-c2nc3ccccc3[nH]2)cs1. The van der Waals surface area contributed by atoms with Gasteiger partial charge in [-0.25, -0.2) is 9.97 Å². The van der Waals surface area contributed by atoms with E-state index in [-0.39, 0.29) is 0 Å². The maximum Gasteiger partial charge on any atom is 0.183 e. The van der Waals surface area contributed by atoms with Crippen molar-refractivity contribution in [1.82, 2.24) is 15.0 Å². The molecule has 0 saturated heterocycles. The van der Waals surface area contributed by atoms with Crippen molar-refractivity contribution >= 4 is 27.5 Å². The second-order valence-corrected chi connectivity index (χ2v) is 4.25. The first-order chi connectivity index (χ1) is 7.86. The lowest BCUT2D eigenvalue weighted by atomic mass is 10.3. The Morgan fingerprint density at radius 2 is 2.12 bits per heavy atom. The van der Waals surface area contributed by atoms with Crippen LogP contribution in [0.25, 0.3) is 22.6 Å². The summed E-state index contributed by atoms with van der Waals surface area (Å²) >= 11 is 1.57. The van der Waals surface area contributed by atoms with Crippen molar-refractivity contribution in [3.05, 3.63) is 29.6 Å². The van der Waals surface area contributed by atoms with Crippen LogP contribution >= 0.6 is 11.3 Å². The van der Waals surface area contributed by atoms with Gasteiger partial charge >= 0.3 is 0 Å². The van der Waals surface area contributed by atoms with Gasteiger partial charge < -0.3 is 10.3 Å². The number of rotatable bonds is 2. The summed E-state index contributed by atoms with van der Waals surface area (Å²) in [5.41, 5.74) is 2.89. The normalized spacial score (nSPS) is 10.8. The zero-order chi connectivity index (χ0) is 11.0. The van der Waals surface area contributed by atoms with E-state index in [1.54, 1.807) is 11.3 Å². The molecule has 3 rings (SSSR count). The quantitative estimate of drug-likeness (QED) is 0.711. The fourth-order valence-electron chi connectivity index (χ4n) is 1.57. The van der Waals surface area contributed by atoms with Crippen LogP contribution in [0.4, 0.5) is 5.13 Å². The van der Waals surface area contributed by atoms with Gasteiger partial charge in [0.15, 0.2) is 11.0 Å². The van der Waals surface area contributed by atoms with Crippen LogP contribution in [0.1, 0.15) is 0 Å². The average Bonchev–Trinajstić information content (AvgIpc) is 2.95. The largest absolute Gasteiger partial charge is 0.365 e. The molecule has 0 spiro atoms. The van der Waals surface area contributed by atoms with E-state index in [1.165, 1.54) is 0 Å². The van der Waals surface area contributed by atoms with Crippen molar-refractivity contribution in [2.75, 3.05) is 12.4 Å². The van der Waals surface area contributed by atoms with Gasteiger partial charge in [-0.1, -0.05) is 12.1 Å². The smallest absolute Gasteiger partial charge is 0.183 e. The molecule has 0 aliphatic rings. The number of anilines is 1. The van der Waals surface area contributed by atoms with Crippen molar-refractivity contribution in [3.8, 4) is 11.5 Å². The van der Waals surface area contributed by atoms with Gasteiger partial charge in [0, 0.05) is 12.4 Å². The minimum absolute atomic E-state index is 0.818. The number of hydrogen-bond acceptors (Lipinski definition) is 4. The number of aromatic nitrogens is 3. The molecule has 0 aliphatic heterocycles. The van der Waals surface area contributed by atoms with E-state index in [0.717, 1.165) is 27.7 Å². The molecule has 0 atom stereocenters. The minimum Gasteiger partial charge on any atom is -0.365 e. The number of nitrogens with zero attached hydrogens (tertiary/aromatic N) is 2. The summed E-state index contributed by atoms with van der Waals surface area (Å²) in [7, 11) is 1.86. The summed E-state index contributed by atoms with van der Waals surface area (Å²) < 4.78 is 0. The molecular formula is C11H10N4S. The summed E-state index contributed by atoms with van der Waals surface area (Å²) in [6.07, 6.45) is 0. The van der Waals surface area contributed by atoms with E-state index in [0.29, 0.717) is 0 Å². The average molecular weight is 230 g/mol. The number of aromatic amines is 1. The Hall–Kier alpha value is -1.88. The standard InChI is InChI=1S/C11H10N4S/c1-12-11-15-9(6-16-11)10-13-7-4-2-3-5-8(7)14-10/h2-6H,1H3,(H,12,15)(H,13,14). The molecule has 0 bridgehead atoms. The fourth-order valence-corrected chi connectivity index (χ4v) is 2.23. The van der Waals surface area contributed by atoms with Crippen LogP contribution in [0.15, 0.2) is 29.6 Å². The van der Waals surface area contributed by atoms with E-state index < -0.39 is 0 Å². The second kappa shape index (κ2) is 3.61. The molecule has 0 amide bonds. The van der Waals surface area contributed by atoms with Crippen molar-refractivity contribution in [3.63, 3.8) is 0 Å². The Labute approximate surface area is 96.4 Å². The van der Waals surface area contributed by atoms with Crippen LogP contribution in [-0.4, -0.2) is 22.0 Å². The number of thiazole rings is 1. The minimum atomic E-state index is 0.818. The predicted molar refractivity (Wildman–Crippen MR) is 66.7 cm³/mol. The zero-order valence-corrected chi connectivity index (χ0v) is 9.51. The Kier molecular flexibility index (Phi) is 2.11. The molecule has 2 aromatic heterocycles. The molecule has 5 heteroatoms. The molecule has 0 unspecified atom stereocenters. The maximum atomic E-state index is 4.49. The molecule has 2 heterocycles. The third kappa shape index (κ3) is 1.45. The van der Waals surface area contributed by atoms with Gasteiger partial charge in [-0.15, -0.1) is 11.3 Å². The number of H-pyrrole nitrogens is 1. The molecule has 0 aliphatic carbocycles. The second-order valence-electron chi connectivity index (χ2n) is 3.39. The number of fused-ring (bicyclic) bond motifs is 1. The molecule has 0 saturated carbocycles. The number of hydrogen-bond donors (Lipinski definition) is 2. The van der Waals surface area contributed by atoms with Gasteiger partial charge in [-0.2, -0.15) is 0 Å². The van der Waals surface area contributed by atoms with E-state index in [4.69, 9.17) is 0 Å². The molecule has 80 valence electrons. The topological polar surface area (TPSA) is 53.6 Å². The van der Waals surface area contributed by atoms with Crippen LogP contribution in [0.3, 0.4) is 0 Å². The lowest BCUT2D eigenvalue weighted by molar-refractivity contribution is 1.27. The summed E-state index contributed by atoms with van der Waals surface area (Å²) in [6.45, 7) is 0. The Morgan fingerprint density at radius 1 is 1.25 bits per heavy atom. The highest BCUT2D eigenvalue weighted by Crippen LogP contribution is 2.24. The Balaban J connectivity index is 2.11. The molecular weight excluding hydrogens is 220 g/mol. The van der Waals surface area contributed by atoms with Crippen LogP contribution in [-0.2, 0) is 0 Å². The summed E-state index contributed by atoms with van der Waals surface area (Å²) in [5, 5.41) is 5.90. The molecule has 4 nitrogen and oxygen atoms in total. The highest BCUT2D eigenvalue weighted by molar-refractivity contribution is 7.14. The van der Waals surface area contributed by atoms with Gasteiger partial charge in [0.1, 0.15) is 5.69 Å². The molecule has 16 heavy (non-hydrogen) atoms. The fraction of sp³-hybridized carbons (Fsp3) is 0.0909. The summed E-state index contributed by atoms with van der Waals surface area (Å²) in [6, 6.07) is 7.97. The van der Waals surface area contributed by atoms with Crippen LogP contribution in [0.2, 0.25) is 0 Å². The van der Waals surface area contributed by atoms with Crippen LogP contribution in [0, 0.1) is 0 Å². The molecule has 0 fully saturated rings. The molecule has 2 N–H and O–H groups in total.